The Morgan fingerprint density at radius 2 is 0.864 bits per heavy atom. The van der Waals surface area contributed by atoms with E-state index in [1.807, 2.05) is 43.5 Å². The maximum atomic E-state index is 14.7. The molecule has 0 saturated heterocycles. The Morgan fingerprint density at radius 1 is 0.500 bits per heavy atom. The fraction of sp³-hybridized carbons (Fsp3) is 0.115. The van der Waals surface area contributed by atoms with Gasteiger partial charge in [0.05, 0.1) is 50.6 Å². The van der Waals surface area contributed by atoms with Gasteiger partial charge in [-0.25, -0.2) is 27.2 Å². The number of hydrogen-bond acceptors (Lipinski definition) is 9. The number of para-hydroxylation sites is 2. The molecule has 328 valence electrons. The zero-order valence-electron chi connectivity index (χ0n) is 35.8. The fourth-order valence-corrected chi connectivity index (χ4v) is 10.1. The van der Waals surface area contributed by atoms with E-state index in [1.54, 1.807) is 116 Å². The number of benzene rings is 6. The first-order valence-electron chi connectivity index (χ1n) is 20.7. The quantitative estimate of drug-likeness (QED) is 0.108. The summed E-state index contributed by atoms with van der Waals surface area (Å²) in [6.07, 6.45) is 3.05. The van der Waals surface area contributed by atoms with Crippen LogP contribution in [0.4, 0.5) is 8.78 Å². The monoisotopic (exact) mass is 916 g/mol. The Morgan fingerprint density at radius 3 is 1.27 bits per heavy atom. The second kappa shape index (κ2) is 17.2. The molecule has 0 unspecified atom stereocenters. The van der Waals surface area contributed by atoms with Crippen LogP contribution in [0.25, 0.3) is 44.3 Å². The lowest BCUT2D eigenvalue weighted by Crippen LogP contribution is -2.33. The summed E-state index contributed by atoms with van der Waals surface area (Å²) in [4.78, 5) is 65.2. The predicted octanol–water partition coefficient (Wildman–Crippen LogP) is 10.9. The molecule has 2 aliphatic heterocycles. The topological polar surface area (TPSA) is 135 Å². The summed E-state index contributed by atoms with van der Waals surface area (Å²) in [6, 6.07) is 38.8. The number of thioether (sulfide) groups is 1. The standard InChI is InChI=1S/C26H19FN2O4S.C26H19FN2O2S/c1-15(29-25(30)17-9-3-4-10-18(17)26(29)31)20-14-16-8-7-12-21(27)23(16)28-24(20)19-11-5-6-13-22(19)34(2,32)33;1-15(29-25(30)17-9-3-4-10-18(17)26(29)31)20-14-16-8-7-12-21(27)23(16)28-24(20)19-11-5-6-13-22(19)32-2/h3-15H,1-2H3;3-15H,1-2H3/t2*15-/m00/s1. The van der Waals surface area contributed by atoms with E-state index in [0.29, 0.717) is 49.8 Å². The number of fused-ring (bicyclic) bond motifs is 4. The highest BCUT2D eigenvalue weighted by molar-refractivity contribution is 7.98. The van der Waals surface area contributed by atoms with E-state index in [2.05, 4.69) is 4.98 Å². The van der Waals surface area contributed by atoms with Gasteiger partial charge in [-0.3, -0.25) is 29.0 Å². The largest absolute Gasteiger partial charge is 0.269 e. The average molecular weight is 917 g/mol. The van der Waals surface area contributed by atoms with Crippen molar-refractivity contribution in [3.8, 4) is 22.5 Å². The third kappa shape index (κ3) is 7.51. The van der Waals surface area contributed by atoms with Crippen molar-refractivity contribution in [2.45, 2.75) is 35.7 Å². The van der Waals surface area contributed by atoms with Crippen molar-refractivity contribution in [1.82, 2.24) is 19.8 Å². The number of carbonyl (C=O) groups is 4. The lowest BCUT2D eigenvalue weighted by Gasteiger charge is -2.25. The normalized spacial score (nSPS) is 14.3. The first-order chi connectivity index (χ1) is 31.7. The van der Waals surface area contributed by atoms with E-state index < -0.39 is 45.4 Å². The van der Waals surface area contributed by atoms with Crippen LogP contribution < -0.4 is 0 Å². The van der Waals surface area contributed by atoms with Gasteiger partial charge in [0.1, 0.15) is 22.7 Å². The first kappa shape index (κ1) is 43.8. The van der Waals surface area contributed by atoms with Gasteiger partial charge >= 0.3 is 0 Å². The molecular formula is C52H38F2N4O6S2. The van der Waals surface area contributed by atoms with Crippen LogP contribution in [0, 0.1) is 11.6 Å². The number of sulfone groups is 1. The Balaban J connectivity index is 0.000000166. The number of pyridine rings is 2. The Hall–Kier alpha value is -7.42. The third-order valence-electron chi connectivity index (χ3n) is 11.9. The number of nitrogens with zero attached hydrogens (tertiary/aromatic N) is 4. The molecule has 14 heteroatoms. The molecule has 4 heterocycles. The van der Waals surface area contributed by atoms with Crippen molar-refractivity contribution in [3.05, 3.63) is 191 Å². The van der Waals surface area contributed by atoms with Crippen molar-refractivity contribution >= 4 is 67.0 Å². The number of carbonyl (C=O) groups excluding carboxylic acids is 4. The van der Waals surface area contributed by atoms with Gasteiger partial charge < -0.3 is 0 Å². The summed E-state index contributed by atoms with van der Waals surface area (Å²) in [5, 5.41) is 1.09. The Bertz CT molecular complexity index is 3400. The maximum Gasteiger partial charge on any atom is 0.262 e. The molecule has 2 aromatic heterocycles. The molecule has 0 fully saturated rings. The van der Waals surface area contributed by atoms with Gasteiger partial charge in [0.2, 0.25) is 0 Å². The van der Waals surface area contributed by atoms with Gasteiger partial charge in [0.25, 0.3) is 23.6 Å². The number of halogens is 2. The van der Waals surface area contributed by atoms with Crippen LogP contribution in [0.2, 0.25) is 0 Å². The third-order valence-corrected chi connectivity index (χ3v) is 13.8. The Labute approximate surface area is 382 Å². The van der Waals surface area contributed by atoms with Crippen molar-refractivity contribution < 1.29 is 36.4 Å². The van der Waals surface area contributed by atoms with E-state index in [0.717, 1.165) is 21.6 Å². The molecule has 6 aromatic carbocycles. The molecular weight excluding hydrogens is 879 g/mol. The van der Waals surface area contributed by atoms with E-state index in [4.69, 9.17) is 4.98 Å². The second-order valence-corrected chi connectivity index (χ2v) is 18.7. The molecule has 0 aliphatic carbocycles. The summed E-state index contributed by atoms with van der Waals surface area (Å²) >= 11 is 1.56. The van der Waals surface area contributed by atoms with Crippen LogP contribution in [-0.2, 0) is 9.84 Å². The summed E-state index contributed by atoms with van der Waals surface area (Å²) in [7, 11) is -3.65. The van der Waals surface area contributed by atoms with Crippen LogP contribution in [0.1, 0.15) is 78.5 Å². The molecule has 2 aliphatic rings. The lowest BCUT2D eigenvalue weighted by atomic mass is 9.97. The van der Waals surface area contributed by atoms with Crippen LogP contribution in [0.15, 0.2) is 155 Å². The maximum absolute atomic E-state index is 14.7. The highest BCUT2D eigenvalue weighted by Gasteiger charge is 2.41. The van der Waals surface area contributed by atoms with E-state index in [1.165, 1.54) is 23.1 Å². The molecule has 0 N–H and O–H groups in total. The number of hydrogen-bond donors (Lipinski definition) is 0. The Kier molecular flexibility index (Phi) is 11.4. The number of rotatable bonds is 8. The molecule has 2 atom stereocenters. The van der Waals surface area contributed by atoms with E-state index in [-0.39, 0.29) is 39.0 Å². The zero-order valence-corrected chi connectivity index (χ0v) is 37.5. The summed E-state index contributed by atoms with van der Waals surface area (Å²) in [5.74, 6) is -2.53. The van der Waals surface area contributed by atoms with Crippen LogP contribution in [0.5, 0.6) is 0 Å². The molecule has 0 saturated carbocycles. The van der Waals surface area contributed by atoms with Crippen LogP contribution in [-0.4, -0.2) is 64.3 Å². The van der Waals surface area contributed by atoms with Gasteiger partial charge in [-0.2, -0.15) is 0 Å². The molecule has 10 nitrogen and oxygen atoms in total. The molecule has 8 aromatic rings. The molecule has 4 amide bonds. The minimum absolute atomic E-state index is 0.0222. The lowest BCUT2D eigenvalue weighted by molar-refractivity contribution is 0.0579. The van der Waals surface area contributed by atoms with Gasteiger partial charge in [-0.05, 0) is 80.8 Å². The van der Waals surface area contributed by atoms with E-state index >= 15 is 0 Å². The SMILES string of the molecule is CSc1ccccc1-c1nc2c(F)cccc2cc1[C@H](C)N1C(=O)c2ccccc2C1=O.C[C@@H](c1cc2cccc(F)c2nc1-c1ccccc1S(C)(=O)=O)N1C(=O)c2ccccc2C1=O. The molecule has 10 rings (SSSR count). The van der Waals surface area contributed by atoms with Crippen LogP contribution in [0.3, 0.4) is 0 Å². The molecule has 0 spiro atoms. The number of amides is 4. The first-order valence-corrected chi connectivity index (χ1v) is 23.9. The minimum atomic E-state index is -3.65. The predicted molar refractivity (Wildman–Crippen MR) is 250 cm³/mol. The summed E-state index contributed by atoms with van der Waals surface area (Å²) in [6.45, 7) is 3.49. The van der Waals surface area contributed by atoms with Gasteiger partial charge in [0, 0.05) is 44.2 Å². The van der Waals surface area contributed by atoms with Crippen molar-refractivity contribution in [1.29, 1.82) is 0 Å². The molecule has 0 bridgehead atoms. The summed E-state index contributed by atoms with van der Waals surface area (Å²) in [5.41, 5.74) is 4.73. The highest BCUT2D eigenvalue weighted by atomic mass is 32.2. The average Bonchev–Trinajstić information content (AvgIpc) is 3.74. The van der Waals surface area contributed by atoms with Gasteiger partial charge in [-0.1, -0.05) is 84.9 Å². The summed E-state index contributed by atoms with van der Waals surface area (Å²) < 4.78 is 54.3. The molecule has 0 radical (unpaired) electrons. The van der Waals surface area contributed by atoms with Gasteiger partial charge in [-0.15, -0.1) is 11.8 Å². The number of aromatic nitrogens is 2. The van der Waals surface area contributed by atoms with Crippen molar-refractivity contribution in [2.24, 2.45) is 0 Å². The fourth-order valence-electron chi connectivity index (χ4n) is 8.65. The zero-order chi connectivity index (χ0) is 46.6. The smallest absolute Gasteiger partial charge is 0.262 e. The highest BCUT2D eigenvalue weighted by Crippen LogP contribution is 2.41. The molecule has 66 heavy (non-hydrogen) atoms. The van der Waals surface area contributed by atoms with Crippen molar-refractivity contribution in [2.75, 3.05) is 12.5 Å². The van der Waals surface area contributed by atoms with Crippen LogP contribution >= 0.6 is 11.8 Å². The van der Waals surface area contributed by atoms with E-state index in [9.17, 15) is 36.4 Å². The van der Waals surface area contributed by atoms with Crippen molar-refractivity contribution in [3.63, 3.8) is 0 Å². The minimum Gasteiger partial charge on any atom is -0.269 e. The second-order valence-electron chi connectivity index (χ2n) is 15.8. The number of imide groups is 2. The van der Waals surface area contributed by atoms with Gasteiger partial charge in [0.15, 0.2) is 9.84 Å².